The van der Waals surface area contributed by atoms with E-state index < -0.39 is 23.5 Å². The normalized spacial score (nSPS) is 13.4. The van der Waals surface area contributed by atoms with Crippen LogP contribution in [0.15, 0.2) is 0 Å². The molecule has 1 unspecified atom stereocenters. The second kappa shape index (κ2) is 6.48. The molecule has 0 rings (SSSR count). The molecule has 94 valence electrons. The van der Waals surface area contributed by atoms with E-state index >= 15 is 0 Å². The zero-order valence-corrected chi connectivity index (χ0v) is 10.2. The molecule has 0 aliphatic heterocycles. The first-order valence-corrected chi connectivity index (χ1v) is 5.57. The van der Waals surface area contributed by atoms with Gasteiger partial charge in [0, 0.05) is 12.0 Å². The van der Waals surface area contributed by atoms with E-state index in [1.54, 1.807) is 13.8 Å². The van der Waals surface area contributed by atoms with Crippen molar-refractivity contribution in [3.05, 3.63) is 0 Å². The van der Waals surface area contributed by atoms with E-state index in [-0.39, 0.29) is 6.42 Å². The molecule has 1 amide bonds. The van der Waals surface area contributed by atoms with Gasteiger partial charge in [-0.1, -0.05) is 19.8 Å². The van der Waals surface area contributed by atoms with Gasteiger partial charge < -0.3 is 10.8 Å². The quantitative estimate of drug-likeness (QED) is 0.577. The van der Waals surface area contributed by atoms with Crippen LogP contribution in [0.5, 0.6) is 0 Å². The van der Waals surface area contributed by atoms with Crippen molar-refractivity contribution in [2.24, 2.45) is 5.73 Å². The second-order valence-corrected chi connectivity index (χ2v) is 4.70. The number of aliphatic carboxylic acids is 1. The third-order valence-electron chi connectivity index (χ3n) is 2.33. The Hall–Kier alpha value is -1.10. The lowest BCUT2D eigenvalue weighted by molar-refractivity contribution is -0.140. The van der Waals surface area contributed by atoms with Crippen molar-refractivity contribution in [1.29, 1.82) is 0 Å². The summed E-state index contributed by atoms with van der Waals surface area (Å²) < 4.78 is 0. The van der Waals surface area contributed by atoms with Crippen molar-refractivity contribution < 1.29 is 14.7 Å². The van der Waals surface area contributed by atoms with E-state index in [0.717, 1.165) is 12.8 Å². The Bertz CT molecular complexity index is 252. The Morgan fingerprint density at radius 1 is 1.44 bits per heavy atom. The van der Waals surface area contributed by atoms with Crippen LogP contribution in [-0.2, 0) is 9.59 Å². The fraction of sp³-hybridized carbons (Fsp3) is 0.818. The smallest absolute Gasteiger partial charge is 0.320 e. The predicted molar refractivity (Wildman–Crippen MR) is 62.0 cm³/mol. The van der Waals surface area contributed by atoms with Crippen LogP contribution in [0.4, 0.5) is 0 Å². The highest BCUT2D eigenvalue weighted by molar-refractivity contribution is 5.76. The molecule has 5 heteroatoms. The van der Waals surface area contributed by atoms with Gasteiger partial charge in [-0.15, -0.1) is 0 Å². The summed E-state index contributed by atoms with van der Waals surface area (Å²) in [5.41, 5.74) is 4.52. The Morgan fingerprint density at radius 3 is 2.38 bits per heavy atom. The van der Waals surface area contributed by atoms with Crippen LogP contribution >= 0.6 is 0 Å². The molecule has 0 spiro atoms. The summed E-state index contributed by atoms with van der Waals surface area (Å²) >= 11 is 0. The minimum atomic E-state index is -0.883. The summed E-state index contributed by atoms with van der Waals surface area (Å²) in [5, 5.41) is 12.0. The van der Waals surface area contributed by atoms with Crippen molar-refractivity contribution in [2.45, 2.75) is 58.0 Å². The standard InChI is InChI=1S/C11H22N2O3/c1-4-5-6-8(10(15)16)13-11(2,3)7-9(12)14/h8,13H,4-7H2,1-3H3,(H2,12,14)(H,15,16). The number of unbranched alkanes of at least 4 members (excludes halogenated alkanes) is 1. The van der Waals surface area contributed by atoms with Crippen LogP contribution in [-0.4, -0.2) is 28.6 Å². The average molecular weight is 230 g/mol. The topological polar surface area (TPSA) is 92.4 Å². The maximum atomic E-state index is 11.0. The molecule has 0 saturated carbocycles. The van der Waals surface area contributed by atoms with Gasteiger partial charge in [0.05, 0.1) is 0 Å². The van der Waals surface area contributed by atoms with Gasteiger partial charge >= 0.3 is 5.97 Å². The zero-order chi connectivity index (χ0) is 12.8. The summed E-state index contributed by atoms with van der Waals surface area (Å²) in [4.78, 5) is 21.8. The third-order valence-corrected chi connectivity index (χ3v) is 2.33. The minimum Gasteiger partial charge on any atom is -0.480 e. The molecule has 0 aliphatic carbocycles. The van der Waals surface area contributed by atoms with Crippen molar-refractivity contribution in [2.75, 3.05) is 0 Å². The molecule has 0 aromatic heterocycles. The number of nitrogens with one attached hydrogen (secondary N) is 1. The molecule has 16 heavy (non-hydrogen) atoms. The van der Waals surface area contributed by atoms with E-state index in [4.69, 9.17) is 10.8 Å². The lowest BCUT2D eigenvalue weighted by atomic mass is 9.97. The van der Waals surface area contributed by atoms with Crippen LogP contribution in [0.1, 0.15) is 46.5 Å². The number of primary amides is 1. The van der Waals surface area contributed by atoms with Gasteiger partial charge in [-0.25, -0.2) is 0 Å². The largest absolute Gasteiger partial charge is 0.480 e. The van der Waals surface area contributed by atoms with Crippen LogP contribution in [0.2, 0.25) is 0 Å². The van der Waals surface area contributed by atoms with E-state index in [2.05, 4.69) is 5.32 Å². The Labute approximate surface area is 96.4 Å². The fourth-order valence-corrected chi connectivity index (χ4v) is 1.62. The summed E-state index contributed by atoms with van der Waals surface area (Å²) in [6, 6.07) is -0.616. The molecule has 0 aromatic carbocycles. The highest BCUT2D eigenvalue weighted by Gasteiger charge is 2.27. The number of hydrogen-bond donors (Lipinski definition) is 3. The average Bonchev–Trinajstić information content (AvgIpc) is 2.09. The molecule has 0 fully saturated rings. The van der Waals surface area contributed by atoms with Crippen LogP contribution in [0, 0.1) is 0 Å². The van der Waals surface area contributed by atoms with Crippen molar-refractivity contribution in [3.63, 3.8) is 0 Å². The second-order valence-electron chi connectivity index (χ2n) is 4.70. The summed E-state index contributed by atoms with van der Waals surface area (Å²) in [5.74, 6) is -1.32. The molecule has 0 aromatic rings. The molecule has 0 bridgehead atoms. The lowest BCUT2D eigenvalue weighted by Crippen LogP contribution is -2.51. The van der Waals surface area contributed by atoms with E-state index in [9.17, 15) is 9.59 Å². The molecule has 0 saturated heterocycles. The molecule has 4 N–H and O–H groups in total. The van der Waals surface area contributed by atoms with E-state index in [1.807, 2.05) is 6.92 Å². The zero-order valence-electron chi connectivity index (χ0n) is 10.2. The maximum Gasteiger partial charge on any atom is 0.320 e. The summed E-state index contributed by atoms with van der Waals surface area (Å²) in [7, 11) is 0. The summed E-state index contributed by atoms with van der Waals surface area (Å²) in [6.07, 6.45) is 2.48. The maximum absolute atomic E-state index is 11.0. The fourth-order valence-electron chi connectivity index (χ4n) is 1.62. The number of amides is 1. The van der Waals surface area contributed by atoms with Gasteiger partial charge in [-0.2, -0.15) is 0 Å². The number of carboxylic acid groups (broad SMARTS) is 1. The van der Waals surface area contributed by atoms with Gasteiger partial charge in [0.25, 0.3) is 0 Å². The molecule has 5 nitrogen and oxygen atoms in total. The SMILES string of the molecule is CCCCC(NC(C)(C)CC(N)=O)C(=O)O. The predicted octanol–water partition coefficient (Wildman–Crippen LogP) is 0.873. The monoisotopic (exact) mass is 230 g/mol. The van der Waals surface area contributed by atoms with Crippen molar-refractivity contribution in [3.8, 4) is 0 Å². The van der Waals surface area contributed by atoms with Crippen LogP contribution in [0.3, 0.4) is 0 Å². The number of carboxylic acids is 1. The van der Waals surface area contributed by atoms with Gasteiger partial charge in [-0.3, -0.25) is 14.9 Å². The van der Waals surface area contributed by atoms with Crippen LogP contribution in [0.25, 0.3) is 0 Å². The first-order valence-electron chi connectivity index (χ1n) is 5.57. The highest BCUT2D eigenvalue weighted by Crippen LogP contribution is 2.12. The van der Waals surface area contributed by atoms with Gasteiger partial charge in [0.15, 0.2) is 0 Å². The number of carbonyl (C=O) groups excluding carboxylic acids is 1. The van der Waals surface area contributed by atoms with E-state index in [1.165, 1.54) is 0 Å². The van der Waals surface area contributed by atoms with E-state index in [0.29, 0.717) is 6.42 Å². The number of rotatable bonds is 8. The van der Waals surface area contributed by atoms with Gasteiger partial charge in [-0.05, 0) is 20.3 Å². The Kier molecular flexibility index (Phi) is 6.03. The molecular weight excluding hydrogens is 208 g/mol. The molecule has 0 radical (unpaired) electrons. The molecule has 1 atom stereocenters. The third kappa shape index (κ3) is 6.40. The highest BCUT2D eigenvalue weighted by atomic mass is 16.4. The Balaban J connectivity index is 4.36. The van der Waals surface area contributed by atoms with Crippen molar-refractivity contribution >= 4 is 11.9 Å². The lowest BCUT2D eigenvalue weighted by Gasteiger charge is -2.29. The minimum absolute atomic E-state index is 0.128. The molecule has 0 heterocycles. The van der Waals surface area contributed by atoms with Gasteiger partial charge in [0.1, 0.15) is 6.04 Å². The number of hydrogen-bond acceptors (Lipinski definition) is 3. The summed E-state index contributed by atoms with van der Waals surface area (Å²) in [6.45, 7) is 5.56. The Morgan fingerprint density at radius 2 is 2.00 bits per heavy atom. The molecule has 0 aliphatic rings. The molecular formula is C11H22N2O3. The first-order chi connectivity index (χ1) is 7.28. The first kappa shape index (κ1) is 14.9. The number of nitrogens with two attached hydrogens (primary N) is 1. The number of carbonyl (C=O) groups is 2. The van der Waals surface area contributed by atoms with Crippen molar-refractivity contribution in [1.82, 2.24) is 5.32 Å². The van der Waals surface area contributed by atoms with Gasteiger partial charge in [0.2, 0.25) is 5.91 Å². The van der Waals surface area contributed by atoms with Crippen LogP contribution < -0.4 is 11.1 Å².